The van der Waals surface area contributed by atoms with Crippen molar-refractivity contribution in [3.8, 4) is 11.5 Å². The first-order chi connectivity index (χ1) is 18.9. The molecule has 214 valence electrons. The first kappa shape index (κ1) is 28.1. The van der Waals surface area contributed by atoms with Crippen LogP contribution < -0.4 is 16.8 Å². The van der Waals surface area contributed by atoms with Gasteiger partial charge < -0.3 is 46.7 Å². The number of aliphatic hydroxyl groups excluding tert-OH is 1. The Morgan fingerprint density at radius 3 is 2.52 bits per heavy atom. The van der Waals surface area contributed by atoms with Crippen molar-refractivity contribution in [3.63, 3.8) is 0 Å². The maximum absolute atomic E-state index is 13.8. The van der Waals surface area contributed by atoms with Gasteiger partial charge in [-0.25, -0.2) is 0 Å². The second kappa shape index (κ2) is 10.2. The number of nitrogens with two attached hydrogens (primary N) is 2. The minimum Gasteiger partial charge on any atom is -0.507 e. The monoisotopic (exact) mass is 555 g/mol. The average Bonchev–Trinajstić information content (AvgIpc) is 2.90. The Labute approximate surface area is 229 Å². The molecule has 0 aromatic heterocycles. The number of carbonyl (C=O) groups excluding carboxylic acids is 3. The molecule has 0 amide bonds. The quantitative estimate of drug-likeness (QED) is 0.206. The molecule has 1 heterocycles. The van der Waals surface area contributed by atoms with Crippen molar-refractivity contribution < 1.29 is 44.3 Å². The van der Waals surface area contributed by atoms with Crippen LogP contribution in [0, 0.1) is 0 Å². The number of phenolic OH excluding ortho intramolecular Hbond substituents is 2. The summed E-state index contributed by atoms with van der Waals surface area (Å²) in [4.78, 5) is 40.0. The first-order valence-corrected chi connectivity index (χ1v) is 13.1. The van der Waals surface area contributed by atoms with E-state index >= 15 is 0 Å². The van der Waals surface area contributed by atoms with E-state index in [0.29, 0.717) is 12.2 Å². The van der Waals surface area contributed by atoms with Gasteiger partial charge in [-0.15, -0.1) is 0 Å². The van der Waals surface area contributed by atoms with E-state index in [1.165, 1.54) is 13.0 Å². The van der Waals surface area contributed by atoms with E-state index in [1.54, 1.807) is 19.1 Å². The summed E-state index contributed by atoms with van der Waals surface area (Å²) in [6.07, 6.45) is -4.54. The third-order valence-electron chi connectivity index (χ3n) is 8.08. The molecule has 1 unspecified atom stereocenters. The van der Waals surface area contributed by atoms with Crippen molar-refractivity contribution in [1.29, 1.82) is 0 Å². The molecule has 2 aromatic rings. The molecule has 9 N–H and O–H groups in total. The van der Waals surface area contributed by atoms with Gasteiger partial charge in [-0.1, -0.05) is 12.1 Å². The number of fused-ring (bicyclic) bond motifs is 3. The Kier molecular flexibility index (Phi) is 7.19. The van der Waals surface area contributed by atoms with Crippen LogP contribution in [0.5, 0.6) is 11.5 Å². The molecular weight excluding hydrogens is 522 g/mol. The molecule has 1 fully saturated rings. The van der Waals surface area contributed by atoms with Crippen LogP contribution in [0.3, 0.4) is 0 Å². The highest BCUT2D eigenvalue weighted by atomic mass is 16.7. The fourth-order valence-electron chi connectivity index (χ4n) is 5.87. The van der Waals surface area contributed by atoms with Crippen LogP contribution in [0.15, 0.2) is 18.2 Å². The number of ether oxygens (including phenoxy) is 2. The molecule has 0 spiro atoms. The topological polar surface area (TPSA) is 215 Å². The lowest BCUT2D eigenvalue weighted by Crippen LogP contribution is -2.52. The van der Waals surface area contributed by atoms with E-state index in [4.69, 9.17) is 20.9 Å². The molecule has 1 saturated heterocycles. The molecule has 2 aromatic carbocycles. The Morgan fingerprint density at radius 2 is 1.88 bits per heavy atom. The summed E-state index contributed by atoms with van der Waals surface area (Å²) >= 11 is 0. The van der Waals surface area contributed by atoms with Crippen LogP contribution in [0.4, 0.5) is 5.69 Å². The average molecular weight is 556 g/mol. The zero-order valence-electron chi connectivity index (χ0n) is 22.1. The van der Waals surface area contributed by atoms with Gasteiger partial charge >= 0.3 is 0 Å². The standard InChI is InChI=1S/C28H33N3O9/c1-11-23(33)15(30)8-18(39-11)40-17-10-28(38,12(2)32)9-14-20(17)27(37)22-21(25(14)35)24(34)13-4-3-5-16(31-7-6-29)19(13)26(22)36/h3-5,11,15,17-18,23,31,33,35,37-38H,6-10,29-30H2,1-2H3/t11-,15-,17-,18?,23+,28-/m0/s1. The number of ketones is 3. The van der Waals surface area contributed by atoms with Gasteiger partial charge in [-0.2, -0.15) is 0 Å². The van der Waals surface area contributed by atoms with E-state index in [0.717, 1.165) is 0 Å². The van der Waals surface area contributed by atoms with E-state index in [9.17, 15) is 34.8 Å². The summed E-state index contributed by atoms with van der Waals surface area (Å²) in [5.41, 5.74) is 9.10. The number of benzene rings is 2. The van der Waals surface area contributed by atoms with Gasteiger partial charge in [-0.3, -0.25) is 14.4 Å². The van der Waals surface area contributed by atoms with Crippen molar-refractivity contribution in [2.45, 2.75) is 69.4 Å². The zero-order valence-corrected chi connectivity index (χ0v) is 22.1. The molecule has 0 bridgehead atoms. The highest BCUT2D eigenvalue weighted by Gasteiger charge is 2.49. The maximum Gasteiger partial charge on any atom is 0.200 e. The fraction of sp³-hybridized carbons (Fsp3) is 0.464. The van der Waals surface area contributed by atoms with Gasteiger partial charge in [0.1, 0.15) is 17.1 Å². The van der Waals surface area contributed by atoms with E-state index < -0.39 is 82.6 Å². The third-order valence-corrected chi connectivity index (χ3v) is 8.08. The summed E-state index contributed by atoms with van der Waals surface area (Å²) in [6, 6.07) is 3.94. The first-order valence-electron chi connectivity index (χ1n) is 13.1. The van der Waals surface area contributed by atoms with Gasteiger partial charge in [-0.05, 0) is 19.9 Å². The largest absolute Gasteiger partial charge is 0.507 e. The number of aliphatic hydroxyl groups is 2. The summed E-state index contributed by atoms with van der Waals surface area (Å²) in [6.45, 7) is 3.38. The number of hydrogen-bond donors (Lipinski definition) is 7. The summed E-state index contributed by atoms with van der Waals surface area (Å²) in [5, 5.41) is 47.4. The molecular formula is C28H33N3O9. The number of carbonyl (C=O) groups is 3. The van der Waals surface area contributed by atoms with Crippen LogP contribution in [0.2, 0.25) is 0 Å². The lowest BCUT2D eigenvalue weighted by atomic mass is 9.72. The number of hydrogen-bond acceptors (Lipinski definition) is 12. The van der Waals surface area contributed by atoms with Crippen LogP contribution in [-0.4, -0.2) is 81.0 Å². The molecule has 0 radical (unpaired) electrons. The second-order valence-electron chi connectivity index (χ2n) is 10.7. The number of nitrogens with one attached hydrogen (secondary N) is 1. The van der Waals surface area contributed by atoms with E-state index in [-0.39, 0.29) is 41.6 Å². The van der Waals surface area contributed by atoms with Gasteiger partial charge in [0.15, 0.2) is 23.6 Å². The lowest BCUT2D eigenvalue weighted by Gasteiger charge is -2.42. The maximum atomic E-state index is 13.8. The van der Waals surface area contributed by atoms with Gasteiger partial charge in [0.25, 0.3) is 0 Å². The molecule has 3 aliphatic rings. The fourth-order valence-corrected chi connectivity index (χ4v) is 5.87. The minimum atomic E-state index is -2.00. The van der Waals surface area contributed by atoms with Crippen molar-refractivity contribution in [1.82, 2.24) is 0 Å². The van der Waals surface area contributed by atoms with Crippen LogP contribution in [-0.2, 0) is 20.7 Å². The van der Waals surface area contributed by atoms with Gasteiger partial charge in [0.2, 0.25) is 0 Å². The smallest absolute Gasteiger partial charge is 0.200 e. The summed E-state index contributed by atoms with van der Waals surface area (Å²) in [7, 11) is 0. The predicted octanol–water partition coefficient (Wildman–Crippen LogP) is 0.391. The Balaban J connectivity index is 1.66. The van der Waals surface area contributed by atoms with Crippen LogP contribution >= 0.6 is 0 Å². The van der Waals surface area contributed by atoms with Crippen molar-refractivity contribution >= 4 is 23.0 Å². The number of aromatic hydroxyl groups is 2. The summed E-state index contributed by atoms with van der Waals surface area (Å²) in [5.74, 6) is -3.22. The molecule has 12 heteroatoms. The molecule has 6 atom stereocenters. The molecule has 1 aliphatic heterocycles. The van der Waals surface area contributed by atoms with Gasteiger partial charge in [0.05, 0.1) is 35.0 Å². The summed E-state index contributed by atoms with van der Waals surface area (Å²) < 4.78 is 11.8. The van der Waals surface area contributed by atoms with Crippen LogP contribution in [0.25, 0.3) is 0 Å². The molecule has 40 heavy (non-hydrogen) atoms. The Hall–Kier alpha value is -3.39. The normalized spacial score (nSPS) is 29.4. The lowest BCUT2D eigenvalue weighted by molar-refractivity contribution is -0.247. The Bertz CT molecular complexity index is 1400. The molecule has 12 nitrogen and oxygen atoms in total. The minimum absolute atomic E-state index is 0.0248. The van der Waals surface area contributed by atoms with E-state index in [1.807, 2.05) is 0 Å². The second-order valence-corrected chi connectivity index (χ2v) is 10.7. The number of Topliss-reactive ketones (excluding diaryl/α,β-unsaturated/α-hetero) is 1. The highest BCUT2D eigenvalue weighted by molar-refractivity contribution is 6.32. The number of phenols is 2. The predicted molar refractivity (Wildman–Crippen MR) is 141 cm³/mol. The zero-order chi connectivity index (χ0) is 29.1. The number of rotatable bonds is 6. The van der Waals surface area contributed by atoms with Crippen molar-refractivity contribution in [2.75, 3.05) is 18.4 Å². The van der Waals surface area contributed by atoms with Crippen LogP contribution in [0.1, 0.15) is 75.8 Å². The third kappa shape index (κ3) is 4.37. The van der Waals surface area contributed by atoms with Crippen molar-refractivity contribution in [3.05, 3.63) is 51.6 Å². The SMILES string of the molecule is CC(=O)[C@]1(O)Cc2c(O)c3c(c(O)c2[C@@H](OC2C[C@H](N)[C@H](O)[C@H](C)O2)C1)C(=O)c1c(NCCN)cccc1C3=O. The Morgan fingerprint density at radius 1 is 1.18 bits per heavy atom. The number of anilines is 1. The molecule has 2 aliphatic carbocycles. The van der Waals surface area contributed by atoms with Crippen molar-refractivity contribution in [2.24, 2.45) is 11.5 Å². The van der Waals surface area contributed by atoms with E-state index in [2.05, 4.69) is 5.32 Å². The molecule has 5 rings (SSSR count). The molecule has 0 saturated carbocycles. The van der Waals surface area contributed by atoms with Gasteiger partial charge in [0, 0.05) is 60.8 Å². The highest BCUT2D eigenvalue weighted by Crippen LogP contribution is 2.52.